The Kier molecular flexibility index (Phi) is 3.69. The Morgan fingerprint density at radius 3 is 1.30 bits per heavy atom. The molecule has 0 aromatic carbocycles. The smallest absolute Gasteiger partial charge is 2.00 e. The molecule has 59 valence electrons. The Labute approximate surface area is 75.7 Å². The largest absolute Gasteiger partial charge is 2.00 e. The molecule has 0 aromatic rings. The molecule has 0 aliphatic heterocycles. The van der Waals surface area contributed by atoms with Gasteiger partial charge in [-0.1, -0.05) is 0 Å². The predicted molar refractivity (Wildman–Crippen MR) is 18.7 cm³/mol. The van der Waals surface area contributed by atoms with Crippen LogP contribution in [0, 0.1) is 0 Å². The van der Waals surface area contributed by atoms with E-state index in [2.05, 4.69) is 0 Å². The Hall–Kier alpha value is 0.885. The van der Waals surface area contributed by atoms with Crippen molar-refractivity contribution < 1.29 is 40.3 Å². The number of hydrogen-bond acceptors (Lipinski definition) is 6. The first-order valence-electron chi connectivity index (χ1n) is 1.35. The second-order valence-electron chi connectivity index (χ2n) is 1.11. The molecule has 0 atom stereocenters. The fourth-order valence-electron chi connectivity index (χ4n) is 0. The summed E-state index contributed by atoms with van der Waals surface area (Å²) in [4.78, 5) is 0. The van der Waals surface area contributed by atoms with Crippen LogP contribution in [0.4, 0.5) is 0 Å². The summed E-state index contributed by atoms with van der Waals surface area (Å²) in [5, 5.41) is 0. The van der Waals surface area contributed by atoms with E-state index >= 15 is 0 Å². The Bertz CT molecular complexity index is 316. The van der Waals surface area contributed by atoms with Crippen LogP contribution >= 0.6 is 0 Å². The van der Waals surface area contributed by atoms with Gasteiger partial charge in [0.25, 0.3) is 0 Å². The summed E-state index contributed by atoms with van der Waals surface area (Å²) in [5.74, 6) is 0. The maximum atomic E-state index is 9.36. The zero-order valence-corrected chi connectivity index (χ0v) is 10.2. The van der Waals surface area contributed by atoms with E-state index in [0.29, 0.717) is 0 Å². The molecule has 0 saturated heterocycles. The van der Waals surface area contributed by atoms with Crippen LogP contribution in [0.15, 0.2) is 0 Å². The van der Waals surface area contributed by atoms with E-state index in [1.807, 2.05) is 0 Å². The van der Waals surface area contributed by atoms with Gasteiger partial charge >= 0.3 is 76.1 Å². The van der Waals surface area contributed by atoms with E-state index in [9.17, 15) is 24.3 Å². The molecule has 0 aliphatic rings. The van der Waals surface area contributed by atoms with Gasteiger partial charge in [0.05, 0.1) is 0 Å². The number of rotatable bonds is 1. The summed E-state index contributed by atoms with van der Waals surface area (Å²) >= 11 is -8.16. The Morgan fingerprint density at radius 2 is 1.30 bits per heavy atom. The molecule has 0 aromatic heterocycles. The van der Waals surface area contributed by atoms with Gasteiger partial charge in [-0.3, -0.25) is 0 Å². The van der Waals surface area contributed by atoms with Gasteiger partial charge in [0, 0.05) is 0 Å². The average molecular weight is 404 g/mol. The molecule has 10 heavy (non-hydrogen) atoms. The Balaban J connectivity index is 0. The molecule has 0 rings (SSSR count). The van der Waals surface area contributed by atoms with E-state index in [-0.39, 0.29) is 27.3 Å². The molecular weight excluding hydrogens is 403 g/mol. The van der Waals surface area contributed by atoms with Crippen LogP contribution in [0.3, 0.4) is 0 Å². The molecule has 0 amide bonds. The molecule has 7 nitrogen and oxygen atoms in total. The summed E-state index contributed by atoms with van der Waals surface area (Å²) in [6.07, 6.45) is 0. The molecule has 0 unspecified atom stereocenters. The van der Waals surface area contributed by atoms with Crippen molar-refractivity contribution in [2.24, 2.45) is 0 Å². The van der Waals surface area contributed by atoms with Gasteiger partial charge in [0.2, 0.25) is 0 Å². The Morgan fingerprint density at radius 1 is 1.20 bits per heavy atom. The quantitative estimate of drug-likeness (QED) is 0.352. The molecule has 0 bridgehead atoms. The molecule has 2 radical (unpaired) electrons. The predicted octanol–water partition coefficient (Wildman–Crippen LogP) is -3.66. The van der Waals surface area contributed by atoms with Crippen LogP contribution in [0.25, 0.3) is 0 Å². The standard InChI is InChI=1S/Cr.HO3S.4O.Pb/c;1-4(2)3;;;;;/h;(H,1,2,3);;;;;/q;;;;2*-1;+2. The van der Waals surface area contributed by atoms with E-state index in [0.717, 1.165) is 0 Å². The van der Waals surface area contributed by atoms with Crippen molar-refractivity contribution in [1.29, 1.82) is 0 Å². The first-order chi connectivity index (χ1) is 3.51. The molecule has 10 heteroatoms. The summed E-state index contributed by atoms with van der Waals surface area (Å²) in [7, 11) is -6.00. The van der Waals surface area contributed by atoms with Gasteiger partial charge in [0.1, 0.15) is 0 Å². The summed E-state index contributed by atoms with van der Waals surface area (Å²) in [6.45, 7) is 0. The van der Waals surface area contributed by atoms with Crippen LogP contribution in [-0.4, -0.2) is 40.3 Å². The third-order valence-electron chi connectivity index (χ3n) is 0.344. The van der Waals surface area contributed by atoms with Gasteiger partial charge in [-0.25, -0.2) is 0 Å². The van der Waals surface area contributed by atoms with Gasteiger partial charge in [0.15, 0.2) is 0 Å². The van der Waals surface area contributed by atoms with Crippen molar-refractivity contribution >= 4 is 35.8 Å². The summed E-state index contributed by atoms with van der Waals surface area (Å²) in [6, 6.07) is 0. The maximum Gasteiger partial charge on any atom is 2.00 e. The van der Waals surface area contributed by atoms with Crippen molar-refractivity contribution in [3.63, 3.8) is 0 Å². The van der Waals surface area contributed by atoms with Crippen LogP contribution in [-0.2, 0) is 27.5 Å². The fraction of sp³-hybridized carbons (Fsp3) is 0. The molecule has 1 N–H and O–H groups in total. The minimum absolute atomic E-state index is 0. The SMILES string of the molecule is O=[S](=O)(O)[Cr](=[O])(=[O])([O-])[O-].[Pb+2]. The van der Waals surface area contributed by atoms with Crippen LogP contribution < -0.4 is 8.32 Å². The first kappa shape index (κ1) is 13.5. The normalized spacial score (nSPS) is 16.5. The van der Waals surface area contributed by atoms with Crippen molar-refractivity contribution in [1.82, 2.24) is 0 Å². The van der Waals surface area contributed by atoms with E-state index in [4.69, 9.17) is 4.55 Å². The van der Waals surface area contributed by atoms with Crippen molar-refractivity contribution in [3.8, 4) is 0 Å². The van der Waals surface area contributed by atoms with Crippen molar-refractivity contribution in [2.75, 3.05) is 0 Å². The minimum Gasteiger partial charge on any atom is 2.00 e. The molecular formula is HCrO7PbS. The van der Waals surface area contributed by atoms with Gasteiger partial charge in [-0.15, -0.1) is 0 Å². The maximum absolute atomic E-state index is 9.36. The molecule has 0 saturated carbocycles. The third-order valence-corrected chi connectivity index (χ3v) is 4.25. The van der Waals surface area contributed by atoms with Crippen LogP contribution in [0.1, 0.15) is 0 Å². The first-order valence-corrected chi connectivity index (χ1v) is 6.36. The topological polar surface area (TPSA) is 135 Å². The van der Waals surface area contributed by atoms with E-state index < -0.39 is 19.9 Å². The van der Waals surface area contributed by atoms with Crippen LogP contribution in [0.5, 0.6) is 0 Å². The third kappa shape index (κ3) is 3.33. The minimum atomic E-state index is -8.16. The fourth-order valence-corrected chi connectivity index (χ4v) is 0. The summed E-state index contributed by atoms with van der Waals surface area (Å²) < 4.78 is 63.6. The molecule has 0 aliphatic carbocycles. The van der Waals surface area contributed by atoms with Crippen molar-refractivity contribution in [3.05, 3.63) is 0 Å². The molecule has 0 spiro atoms. The van der Waals surface area contributed by atoms with Crippen molar-refractivity contribution in [2.45, 2.75) is 0 Å². The average Bonchev–Trinajstić information content (AvgIpc) is 1.20. The van der Waals surface area contributed by atoms with Gasteiger partial charge in [-0.2, -0.15) is 0 Å². The number of hydrogen-bond donors (Lipinski definition) is 1. The molecule has 0 heterocycles. The summed E-state index contributed by atoms with van der Waals surface area (Å²) in [5.41, 5.74) is 0. The van der Waals surface area contributed by atoms with E-state index in [1.165, 1.54) is 0 Å². The second kappa shape index (κ2) is 2.74. The molecule has 0 fully saturated rings. The van der Waals surface area contributed by atoms with Gasteiger partial charge < -0.3 is 0 Å². The monoisotopic (exact) mass is 405 g/mol. The van der Waals surface area contributed by atoms with Gasteiger partial charge in [-0.05, 0) is 0 Å². The van der Waals surface area contributed by atoms with E-state index in [1.54, 1.807) is 0 Å². The zero-order chi connectivity index (χ0) is 7.95. The zero-order valence-electron chi connectivity index (χ0n) is 4.21. The van der Waals surface area contributed by atoms with Crippen LogP contribution in [0.2, 0.25) is 0 Å². The second-order valence-corrected chi connectivity index (χ2v) is 8.31.